The number of carbonyl (C=O) groups excluding carboxylic acids is 2. The van der Waals surface area contributed by atoms with Gasteiger partial charge in [0.1, 0.15) is 5.75 Å². The van der Waals surface area contributed by atoms with Crippen LogP contribution in [-0.4, -0.2) is 24.6 Å². The van der Waals surface area contributed by atoms with E-state index in [1.807, 2.05) is 0 Å². The Labute approximate surface area is 192 Å². The van der Waals surface area contributed by atoms with Gasteiger partial charge in [-0.25, -0.2) is 4.79 Å². The fourth-order valence-corrected chi connectivity index (χ4v) is 3.26. The number of amides is 1. The Kier molecular flexibility index (Phi) is 8.24. The second-order valence-corrected chi connectivity index (χ2v) is 8.00. The lowest BCUT2D eigenvalue weighted by Crippen LogP contribution is -2.16. The van der Waals surface area contributed by atoms with Gasteiger partial charge in [-0.3, -0.25) is 9.59 Å². The monoisotopic (exact) mass is 451 g/mol. The van der Waals surface area contributed by atoms with Crippen molar-refractivity contribution < 1.29 is 23.5 Å². The molecule has 174 valence electrons. The van der Waals surface area contributed by atoms with Crippen molar-refractivity contribution in [3.63, 3.8) is 0 Å². The first-order chi connectivity index (χ1) is 15.9. The van der Waals surface area contributed by atoms with Gasteiger partial charge in [0.2, 0.25) is 5.76 Å². The molecule has 0 radical (unpaired) electrons. The van der Waals surface area contributed by atoms with Crippen LogP contribution in [0.15, 0.2) is 57.7 Å². The molecule has 2 aromatic carbocycles. The molecule has 0 saturated carbocycles. The van der Waals surface area contributed by atoms with Crippen LogP contribution in [0.25, 0.3) is 11.0 Å². The van der Waals surface area contributed by atoms with Gasteiger partial charge in [0.25, 0.3) is 5.91 Å². The quantitative estimate of drug-likeness (QED) is 0.320. The number of benzene rings is 2. The smallest absolute Gasteiger partial charge is 0.374 e. The topological polar surface area (TPSA) is 94.8 Å². The SMILES string of the molecule is CCCCCCOc1ccc(C(=O)Nc2cccc3c(=O)cc(C(=O)OC(C)C)oc23)cc1. The van der Waals surface area contributed by atoms with Crippen molar-refractivity contribution >= 4 is 28.5 Å². The molecule has 0 aliphatic rings. The van der Waals surface area contributed by atoms with Gasteiger partial charge in [0.05, 0.1) is 23.8 Å². The van der Waals surface area contributed by atoms with Crippen LogP contribution in [-0.2, 0) is 4.74 Å². The van der Waals surface area contributed by atoms with E-state index in [0.29, 0.717) is 17.9 Å². The molecule has 1 amide bonds. The van der Waals surface area contributed by atoms with E-state index in [4.69, 9.17) is 13.9 Å². The standard InChI is InChI=1S/C26H29NO6/c1-4-5-6-7-15-31-19-13-11-18(12-14-19)25(29)27-21-10-8-9-20-22(28)16-23(33-24(20)21)26(30)32-17(2)3/h8-14,16-17H,4-7,15H2,1-3H3,(H,27,29). The average molecular weight is 452 g/mol. The predicted molar refractivity (Wildman–Crippen MR) is 127 cm³/mol. The van der Waals surface area contributed by atoms with E-state index in [-0.39, 0.29) is 34.4 Å². The van der Waals surface area contributed by atoms with Crippen LogP contribution < -0.4 is 15.5 Å². The highest BCUT2D eigenvalue weighted by Crippen LogP contribution is 2.24. The highest BCUT2D eigenvalue weighted by Gasteiger charge is 2.18. The third-order valence-corrected chi connectivity index (χ3v) is 4.93. The molecule has 1 N–H and O–H groups in total. The highest BCUT2D eigenvalue weighted by atomic mass is 16.6. The molecule has 1 aromatic heterocycles. The van der Waals surface area contributed by atoms with Crippen molar-refractivity contribution in [1.82, 2.24) is 0 Å². The summed E-state index contributed by atoms with van der Waals surface area (Å²) in [6.45, 7) is 6.20. The van der Waals surface area contributed by atoms with E-state index in [1.165, 1.54) is 12.8 Å². The van der Waals surface area contributed by atoms with Crippen LogP contribution >= 0.6 is 0 Å². The Morgan fingerprint density at radius 1 is 1.03 bits per heavy atom. The van der Waals surface area contributed by atoms with Crippen LogP contribution in [0.3, 0.4) is 0 Å². The lowest BCUT2D eigenvalue weighted by Gasteiger charge is -2.11. The zero-order valence-electron chi connectivity index (χ0n) is 19.2. The van der Waals surface area contributed by atoms with Crippen molar-refractivity contribution in [2.45, 2.75) is 52.6 Å². The van der Waals surface area contributed by atoms with Crippen LogP contribution in [0.1, 0.15) is 67.4 Å². The fraction of sp³-hybridized carbons (Fsp3) is 0.346. The maximum atomic E-state index is 12.8. The Morgan fingerprint density at radius 3 is 2.48 bits per heavy atom. The molecule has 0 spiro atoms. The van der Waals surface area contributed by atoms with E-state index in [1.54, 1.807) is 56.3 Å². The summed E-state index contributed by atoms with van der Waals surface area (Å²) in [5, 5.41) is 3.01. The molecule has 3 aromatic rings. The summed E-state index contributed by atoms with van der Waals surface area (Å²) in [5.74, 6) is -0.638. The van der Waals surface area contributed by atoms with Gasteiger partial charge < -0.3 is 19.2 Å². The summed E-state index contributed by atoms with van der Waals surface area (Å²) in [5.41, 5.74) is 0.415. The number of esters is 1. The number of hydrogen-bond donors (Lipinski definition) is 1. The molecule has 7 nitrogen and oxygen atoms in total. The van der Waals surface area contributed by atoms with Crippen molar-refractivity contribution in [2.75, 3.05) is 11.9 Å². The number of rotatable bonds is 10. The summed E-state index contributed by atoms with van der Waals surface area (Å²) in [4.78, 5) is 37.5. The number of carbonyl (C=O) groups is 2. The normalized spacial score (nSPS) is 10.9. The highest BCUT2D eigenvalue weighted by molar-refractivity contribution is 6.08. The Morgan fingerprint density at radius 2 is 1.79 bits per heavy atom. The number of anilines is 1. The van der Waals surface area contributed by atoms with Gasteiger partial charge >= 0.3 is 5.97 Å². The van der Waals surface area contributed by atoms with Crippen molar-refractivity contribution in [3.8, 4) is 5.75 Å². The van der Waals surface area contributed by atoms with E-state index in [9.17, 15) is 14.4 Å². The maximum absolute atomic E-state index is 12.8. The molecular weight excluding hydrogens is 422 g/mol. The van der Waals surface area contributed by atoms with Gasteiger partial charge in [-0.15, -0.1) is 0 Å². The Hall–Kier alpha value is -3.61. The van der Waals surface area contributed by atoms with Crippen LogP contribution in [0, 0.1) is 0 Å². The Balaban J connectivity index is 1.75. The summed E-state index contributed by atoms with van der Waals surface area (Å²) in [6, 6.07) is 12.7. The van der Waals surface area contributed by atoms with E-state index < -0.39 is 11.4 Å². The second-order valence-electron chi connectivity index (χ2n) is 8.00. The van der Waals surface area contributed by atoms with Crippen molar-refractivity contribution in [3.05, 3.63) is 70.1 Å². The minimum atomic E-state index is -0.740. The predicted octanol–water partition coefficient (Wildman–Crippen LogP) is 5.57. The Bertz CT molecular complexity index is 1160. The van der Waals surface area contributed by atoms with Crippen LogP contribution in [0.5, 0.6) is 5.75 Å². The lowest BCUT2D eigenvalue weighted by molar-refractivity contribution is 0.0342. The first-order valence-corrected chi connectivity index (χ1v) is 11.2. The largest absolute Gasteiger partial charge is 0.494 e. The molecule has 0 aliphatic carbocycles. The fourth-order valence-electron chi connectivity index (χ4n) is 3.26. The van der Waals surface area contributed by atoms with E-state index in [2.05, 4.69) is 12.2 Å². The van der Waals surface area contributed by atoms with Gasteiger partial charge in [0.15, 0.2) is 11.0 Å². The summed E-state index contributed by atoms with van der Waals surface area (Å²) in [7, 11) is 0. The molecule has 33 heavy (non-hydrogen) atoms. The third kappa shape index (κ3) is 6.44. The molecule has 0 bridgehead atoms. The number of unbranched alkanes of at least 4 members (excludes halogenated alkanes) is 3. The van der Waals surface area contributed by atoms with Crippen LogP contribution in [0.4, 0.5) is 5.69 Å². The minimum Gasteiger partial charge on any atom is -0.494 e. The molecule has 0 fully saturated rings. The zero-order valence-corrected chi connectivity index (χ0v) is 19.2. The number of ether oxygens (including phenoxy) is 2. The van der Waals surface area contributed by atoms with Gasteiger partial charge in [0, 0.05) is 11.6 Å². The van der Waals surface area contributed by atoms with E-state index >= 15 is 0 Å². The van der Waals surface area contributed by atoms with Crippen molar-refractivity contribution in [1.29, 1.82) is 0 Å². The second kappa shape index (κ2) is 11.3. The summed E-state index contributed by atoms with van der Waals surface area (Å²) in [6.07, 6.45) is 4.13. The maximum Gasteiger partial charge on any atom is 0.374 e. The van der Waals surface area contributed by atoms with Crippen molar-refractivity contribution in [2.24, 2.45) is 0 Å². The first-order valence-electron chi connectivity index (χ1n) is 11.2. The van der Waals surface area contributed by atoms with Gasteiger partial charge in [-0.05, 0) is 56.7 Å². The molecule has 0 saturated heterocycles. The molecule has 0 atom stereocenters. The number of nitrogens with one attached hydrogen (secondary N) is 1. The van der Waals surface area contributed by atoms with Gasteiger partial charge in [-0.2, -0.15) is 0 Å². The molecule has 0 aliphatic heterocycles. The molecule has 3 rings (SSSR count). The molecular formula is C26H29NO6. The average Bonchev–Trinajstić information content (AvgIpc) is 2.79. The van der Waals surface area contributed by atoms with Crippen LogP contribution in [0.2, 0.25) is 0 Å². The minimum absolute atomic E-state index is 0.112. The van der Waals surface area contributed by atoms with Gasteiger partial charge in [-0.1, -0.05) is 32.3 Å². The van der Waals surface area contributed by atoms with E-state index in [0.717, 1.165) is 18.9 Å². The zero-order chi connectivity index (χ0) is 23.8. The number of fused-ring (bicyclic) bond motifs is 1. The summed E-state index contributed by atoms with van der Waals surface area (Å²) < 4.78 is 16.5. The number of para-hydroxylation sites is 1. The first kappa shape index (κ1) is 24.0. The third-order valence-electron chi connectivity index (χ3n) is 4.93. The lowest BCUT2D eigenvalue weighted by atomic mass is 10.1. The molecule has 1 heterocycles. The number of hydrogen-bond acceptors (Lipinski definition) is 6. The summed E-state index contributed by atoms with van der Waals surface area (Å²) >= 11 is 0. The molecule has 0 unspecified atom stereocenters. The molecule has 7 heteroatoms.